The minimum absolute atomic E-state index is 0.291. The average molecular weight is 327 g/mol. The van der Waals surface area contributed by atoms with E-state index in [9.17, 15) is 4.79 Å². The van der Waals surface area contributed by atoms with Gasteiger partial charge < -0.3 is 15.5 Å². The van der Waals surface area contributed by atoms with Gasteiger partial charge in [0.05, 0.1) is 5.41 Å². The number of para-hydroxylation sites is 1. The summed E-state index contributed by atoms with van der Waals surface area (Å²) in [5, 5.41) is 0. The predicted octanol–water partition coefficient (Wildman–Crippen LogP) is 2.51. The number of fused-ring (bicyclic) bond motifs is 2. The van der Waals surface area contributed by atoms with Crippen molar-refractivity contribution < 1.29 is 4.79 Å². The first kappa shape index (κ1) is 16.1. The lowest BCUT2D eigenvalue weighted by Gasteiger charge is -2.41. The lowest BCUT2D eigenvalue weighted by atomic mass is 9.74. The Bertz CT molecular complexity index is 623. The Morgan fingerprint density at radius 3 is 2.75 bits per heavy atom. The largest absolute Gasteiger partial charge is 0.328 e. The van der Waals surface area contributed by atoms with Crippen LogP contribution < -0.4 is 10.6 Å². The minimum atomic E-state index is -0.311. The summed E-state index contributed by atoms with van der Waals surface area (Å²) in [5.41, 5.74) is 8.08. The highest BCUT2D eigenvalue weighted by atomic mass is 16.2. The van der Waals surface area contributed by atoms with E-state index in [1.165, 1.54) is 18.4 Å². The van der Waals surface area contributed by atoms with Crippen LogP contribution >= 0.6 is 0 Å². The third kappa shape index (κ3) is 2.56. The smallest absolute Gasteiger partial charge is 0.238 e. The van der Waals surface area contributed by atoms with Crippen LogP contribution in [0.25, 0.3) is 0 Å². The lowest BCUT2D eigenvalue weighted by Crippen LogP contribution is -2.52. The summed E-state index contributed by atoms with van der Waals surface area (Å²) in [6.45, 7) is 3.15. The molecule has 2 heterocycles. The summed E-state index contributed by atoms with van der Waals surface area (Å²) in [6, 6.07) is 8.77. The molecule has 1 atom stereocenters. The molecule has 1 saturated heterocycles. The number of likely N-dealkylation sites (N-methyl/N-ethyl adjacent to an activating group) is 1. The summed E-state index contributed by atoms with van der Waals surface area (Å²) < 4.78 is 0. The second-order valence-electron chi connectivity index (χ2n) is 8.08. The molecule has 130 valence electrons. The van der Waals surface area contributed by atoms with Crippen LogP contribution in [0.4, 0.5) is 5.69 Å². The maximum Gasteiger partial charge on any atom is 0.238 e. The highest BCUT2D eigenvalue weighted by Gasteiger charge is 2.51. The third-order valence-corrected chi connectivity index (χ3v) is 6.47. The van der Waals surface area contributed by atoms with Gasteiger partial charge >= 0.3 is 0 Å². The second-order valence-corrected chi connectivity index (χ2v) is 8.08. The molecule has 0 aromatic heterocycles. The van der Waals surface area contributed by atoms with Crippen molar-refractivity contribution in [3.63, 3.8) is 0 Å². The van der Waals surface area contributed by atoms with Gasteiger partial charge in [0.1, 0.15) is 0 Å². The quantitative estimate of drug-likeness (QED) is 0.908. The Kier molecular flexibility index (Phi) is 4.13. The lowest BCUT2D eigenvalue weighted by molar-refractivity contribution is -0.125. The van der Waals surface area contributed by atoms with Gasteiger partial charge in [-0.1, -0.05) is 18.2 Å². The second kappa shape index (κ2) is 6.16. The first-order chi connectivity index (χ1) is 11.6. The van der Waals surface area contributed by atoms with Crippen molar-refractivity contribution in [3.05, 3.63) is 29.8 Å². The third-order valence-electron chi connectivity index (χ3n) is 6.47. The van der Waals surface area contributed by atoms with Gasteiger partial charge in [0.15, 0.2) is 0 Å². The standard InChI is InChI=1S/C20H29N3O/c1-22-18-6-3-2-5-17(18)20(19(22)24)11-4-12-23(14-20)13-15-7-9-16(21)10-8-15/h2-3,5-6,15-16H,4,7-14,21H2,1H3/t15?,16?,20-/m1/s1. The highest BCUT2D eigenvalue weighted by molar-refractivity contribution is 6.08. The number of hydrogen-bond donors (Lipinski definition) is 1. The number of amides is 1. The Morgan fingerprint density at radius 1 is 1.21 bits per heavy atom. The molecule has 1 aromatic rings. The molecule has 2 fully saturated rings. The number of carbonyl (C=O) groups is 1. The van der Waals surface area contributed by atoms with E-state index in [4.69, 9.17) is 5.73 Å². The van der Waals surface area contributed by atoms with Crippen molar-refractivity contribution in [2.24, 2.45) is 11.7 Å². The van der Waals surface area contributed by atoms with Gasteiger partial charge in [0.2, 0.25) is 5.91 Å². The first-order valence-corrected chi connectivity index (χ1v) is 9.46. The topological polar surface area (TPSA) is 49.6 Å². The molecule has 1 aromatic carbocycles. The molecule has 0 unspecified atom stereocenters. The zero-order chi connectivity index (χ0) is 16.7. The van der Waals surface area contributed by atoms with Gasteiger partial charge in [-0.05, 0) is 62.6 Å². The molecule has 4 heteroatoms. The van der Waals surface area contributed by atoms with Crippen molar-refractivity contribution in [2.75, 3.05) is 31.6 Å². The van der Waals surface area contributed by atoms with Crippen molar-refractivity contribution in [2.45, 2.75) is 50.0 Å². The molecular formula is C20H29N3O. The number of nitrogens with zero attached hydrogens (tertiary/aromatic N) is 2. The Hall–Kier alpha value is -1.39. The normalized spacial score (nSPS) is 33.9. The average Bonchev–Trinajstić information content (AvgIpc) is 2.80. The fourth-order valence-corrected chi connectivity index (χ4v) is 5.15. The number of hydrogen-bond acceptors (Lipinski definition) is 3. The fourth-order valence-electron chi connectivity index (χ4n) is 5.15. The fraction of sp³-hybridized carbons (Fsp3) is 0.650. The maximum absolute atomic E-state index is 13.1. The van der Waals surface area contributed by atoms with Gasteiger partial charge in [-0.25, -0.2) is 0 Å². The molecule has 1 aliphatic carbocycles. The number of rotatable bonds is 2. The SMILES string of the molecule is CN1C(=O)[C@@]2(CCCN(CC3CCC(N)CC3)C2)c2ccccc21. The Balaban J connectivity index is 1.53. The van der Waals surface area contributed by atoms with Crippen molar-refractivity contribution in [3.8, 4) is 0 Å². The van der Waals surface area contributed by atoms with Gasteiger partial charge in [0, 0.05) is 31.9 Å². The van der Waals surface area contributed by atoms with E-state index in [1.807, 2.05) is 18.0 Å². The number of likely N-dealkylation sites (tertiary alicyclic amines) is 1. The van der Waals surface area contributed by atoms with Crippen LogP contribution in [0.3, 0.4) is 0 Å². The van der Waals surface area contributed by atoms with Crippen LogP contribution in [0.15, 0.2) is 24.3 Å². The summed E-state index contributed by atoms with van der Waals surface area (Å²) in [7, 11) is 1.93. The number of benzene rings is 1. The van der Waals surface area contributed by atoms with Crippen molar-refractivity contribution in [1.29, 1.82) is 0 Å². The van der Waals surface area contributed by atoms with Gasteiger partial charge in [0.25, 0.3) is 0 Å². The Morgan fingerprint density at radius 2 is 1.96 bits per heavy atom. The summed E-state index contributed by atoms with van der Waals surface area (Å²) in [4.78, 5) is 17.5. The Labute approximate surface area is 145 Å². The summed E-state index contributed by atoms with van der Waals surface area (Å²) in [6.07, 6.45) is 6.91. The molecule has 4 rings (SSSR count). The molecule has 0 bridgehead atoms. The molecule has 1 saturated carbocycles. The number of piperidine rings is 1. The zero-order valence-corrected chi connectivity index (χ0v) is 14.7. The monoisotopic (exact) mass is 327 g/mol. The van der Waals surface area contributed by atoms with E-state index in [-0.39, 0.29) is 5.41 Å². The summed E-state index contributed by atoms with van der Waals surface area (Å²) >= 11 is 0. The van der Waals surface area contributed by atoms with Crippen LogP contribution in [0, 0.1) is 5.92 Å². The van der Waals surface area contributed by atoms with Crippen LogP contribution in [0.5, 0.6) is 0 Å². The molecule has 2 N–H and O–H groups in total. The van der Waals surface area contributed by atoms with Gasteiger partial charge in [-0.3, -0.25) is 4.79 Å². The van der Waals surface area contributed by atoms with E-state index in [0.717, 1.165) is 56.9 Å². The van der Waals surface area contributed by atoms with E-state index < -0.39 is 0 Å². The molecule has 0 radical (unpaired) electrons. The summed E-state index contributed by atoms with van der Waals surface area (Å²) in [5.74, 6) is 1.04. The molecule has 3 aliphatic rings. The molecule has 24 heavy (non-hydrogen) atoms. The van der Waals surface area contributed by atoms with Crippen LogP contribution in [-0.4, -0.2) is 43.5 Å². The molecule has 1 amide bonds. The van der Waals surface area contributed by atoms with Crippen molar-refractivity contribution >= 4 is 11.6 Å². The first-order valence-electron chi connectivity index (χ1n) is 9.46. The van der Waals surface area contributed by atoms with Crippen LogP contribution in [0.2, 0.25) is 0 Å². The molecule has 4 nitrogen and oxygen atoms in total. The van der Waals surface area contributed by atoms with Gasteiger partial charge in [-0.2, -0.15) is 0 Å². The minimum Gasteiger partial charge on any atom is -0.328 e. The van der Waals surface area contributed by atoms with E-state index in [1.54, 1.807) is 0 Å². The maximum atomic E-state index is 13.1. The predicted molar refractivity (Wildman–Crippen MR) is 97.1 cm³/mol. The number of carbonyl (C=O) groups excluding carboxylic acids is 1. The van der Waals surface area contributed by atoms with Crippen molar-refractivity contribution in [1.82, 2.24) is 4.90 Å². The van der Waals surface area contributed by atoms with E-state index in [2.05, 4.69) is 23.1 Å². The van der Waals surface area contributed by atoms with E-state index in [0.29, 0.717) is 11.9 Å². The highest BCUT2D eigenvalue weighted by Crippen LogP contribution is 2.46. The number of nitrogens with two attached hydrogens (primary N) is 1. The van der Waals surface area contributed by atoms with Gasteiger partial charge in [-0.15, -0.1) is 0 Å². The molecule has 1 spiro atoms. The van der Waals surface area contributed by atoms with Crippen LogP contribution in [-0.2, 0) is 10.2 Å². The molecular weight excluding hydrogens is 298 g/mol. The van der Waals surface area contributed by atoms with E-state index >= 15 is 0 Å². The number of anilines is 1. The molecule has 2 aliphatic heterocycles. The van der Waals surface area contributed by atoms with Crippen LogP contribution in [0.1, 0.15) is 44.1 Å². The zero-order valence-electron chi connectivity index (χ0n) is 14.7.